The third-order valence-electron chi connectivity index (χ3n) is 4.23. The Kier molecular flexibility index (Phi) is 7.33. The molecule has 0 aliphatic heterocycles. The Labute approximate surface area is 182 Å². The van der Waals surface area contributed by atoms with E-state index < -0.39 is 10.8 Å². The van der Waals surface area contributed by atoms with E-state index >= 15 is 0 Å². The van der Waals surface area contributed by atoms with Crippen molar-refractivity contribution in [2.45, 2.75) is 16.5 Å². The van der Waals surface area contributed by atoms with Crippen molar-refractivity contribution in [1.82, 2.24) is 25.4 Å². The molecule has 1 heterocycles. The second-order valence-corrected chi connectivity index (χ2v) is 7.54. The third-order valence-corrected chi connectivity index (χ3v) is 5.35. The molecule has 160 valence electrons. The van der Waals surface area contributed by atoms with Gasteiger partial charge in [0.1, 0.15) is 6.33 Å². The SMILES string of the molecule is Cn1cnnc1Sc1ccc(C(=O)NCCNC(=O)Cc2ccccc2)cc1[N+](=O)[O-]. The molecule has 11 heteroatoms. The molecule has 0 radical (unpaired) electrons. The summed E-state index contributed by atoms with van der Waals surface area (Å²) in [7, 11) is 1.73. The first-order chi connectivity index (χ1) is 14.9. The number of nitrogens with one attached hydrogen (secondary N) is 2. The number of nitrogens with zero attached hydrogens (tertiary/aromatic N) is 4. The maximum absolute atomic E-state index is 12.4. The number of nitro benzene ring substituents is 1. The van der Waals surface area contributed by atoms with E-state index in [0.29, 0.717) is 10.1 Å². The summed E-state index contributed by atoms with van der Waals surface area (Å²) in [5.41, 5.74) is 0.858. The van der Waals surface area contributed by atoms with E-state index in [2.05, 4.69) is 20.8 Å². The van der Waals surface area contributed by atoms with Crippen LogP contribution in [0.25, 0.3) is 0 Å². The van der Waals surface area contributed by atoms with Crippen molar-refractivity contribution in [1.29, 1.82) is 0 Å². The molecule has 2 aromatic carbocycles. The number of hydrogen-bond donors (Lipinski definition) is 2. The van der Waals surface area contributed by atoms with Gasteiger partial charge in [-0.05, 0) is 29.5 Å². The van der Waals surface area contributed by atoms with Crippen molar-refractivity contribution in [3.63, 3.8) is 0 Å². The summed E-state index contributed by atoms with van der Waals surface area (Å²) < 4.78 is 1.64. The van der Waals surface area contributed by atoms with E-state index in [0.717, 1.165) is 17.3 Å². The van der Waals surface area contributed by atoms with Gasteiger partial charge in [0.15, 0.2) is 5.16 Å². The summed E-state index contributed by atoms with van der Waals surface area (Å²) >= 11 is 1.09. The predicted molar refractivity (Wildman–Crippen MR) is 114 cm³/mol. The van der Waals surface area contributed by atoms with Crippen LogP contribution >= 0.6 is 11.8 Å². The topological polar surface area (TPSA) is 132 Å². The van der Waals surface area contributed by atoms with Gasteiger partial charge in [0.2, 0.25) is 5.91 Å². The van der Waals surface area contributed by atoms with Crippen molar-refractivity contribution in [3.8, 4) is 0 Å². The first-order valence-corrected chi connectivity index (χ1v) is 10.1. The molecule has 3 rings (SSSR count). The lowest BCUT2D eigenvalue weighted by atomic mass is 10.1. The second-order valence-electron chi connectivity index (χ2n) is 6.53. The standard InChI is InChI=1S/C20H20N6O4S/c1-25-13-23-24-20(25)31-17-8-7-15(12-16(17)26(29)30)19(28)22-10-9-21-18(27)11-14-5-3-2-4-6-14/h2-8,12-13H,9-11H2,1H3,(H,21,27)(H,22,28). The fourth-order valence-electron chi connectivity index (χ4n) is 2.67. The van der Waals surface area contributed by atoms with Gasteiger partial charge in [-0.3, -0.25) is 19.7 Å². The quantitative estimate of drug-likeness (QED) is 0.295. The Bertz CT molecular complexity index is 1090. The molecule has 0 aliphatic carbocycles. The van der Waals surface area contributed by atoms with Crippen molar-refractivity contribution in [3.05, 3.63) is 76.1 Å². The number of rotatable bonds is 9. The van der Waals surface area contributed by atoms with E-state index in [1.54, 1.807) is 11.6 Å². The molecule has 31 heavy (non-hydrogen) atoms. The van der Waals surface area contributed by atoms with Crippen LogP contribution in [0.4, 0.5) is 5.69 Å². The highest BCUT2D eigenvalue weighted by molar-refractivity contribution is 7.99. The molecule has 0 saturated carbocycles. The van der Waals surface area contributed by atoms with Crippen LogP contribution in [-0.4, -0.2) is 44.6 Å². The molecule has 0 bridgehead atoms. The summed E-state index contributed by atoms with van der Waals surface area (Å²) in [6.45, 7) is 0.447. The minimum atomic E-state index is -0.542. The summed E-state index contributed by atoms with van der Waals surface area (Å²) in [4.78, 5) is 35.6. The molecule has 3 aromatic rings. The average Bonchev–Trinajstić information content (AvgIpc) is 3.16. The van der Waals surface area contributed by atoms with Crippen LogP contribution in [0.3, 0.4) is 0 Å². The summed E-state index contributed by atoms with van der Waals surface area (Å²) in [6, 6.07) is 13.6. The molecular weight excluding hydrogens is 420 g/mol. The van der Waals surface area contributed by atoms with Gasteiger partial charge in [0.25, 0.3) is 11.6 Å². The lowest BCUT2D eigenvalue weighted by Gasteiger charge is -2.08. The van der Waals surface area contributed by atoms with Gasteiger partial charge in [-0.2, -0.15) is 0 Å². The minimum absolute atomic E-state index is 0.152. The molecule has 0 spiro atoms. The Hall–Kier alpha value is -3.73. The number of aromatic nitrogens is 3. The van der Waals surface area contributed by atoms with Crippen LogP contribution in [0, 0.1) is 10.1 Å². The Morgan fingerprint density at radius 2 is 1.87 bits per heavy atom. The molecule has 0 fully saturated rings. The Balaban J connectivity index is 1.54. The van der Waals surface area contributed by atoms with Crippen molar-refractivity contribution < 1.29 is 14.5 Å². The van der Waals surface area contributed by atoms with Crippen LogP contribution in [0.15, 0.2) is 64.9 Å². The molecule has 0 aliphatic rings. The zero-order valence-electron chi connectivity index (χ0n) is 16.6. The number of hydrogen-bond acceptors (Lipinski definition) is 7. The van der Waals surface area contributed by atoms with Crippen molar-refractivity contribution in [2.75, 3.05) is 13.1 Å². The maximum atomic E-state index is 12.4. The normalized spacial score (nSPS) is 10.5. The highest BCUT2D eigenvalue weighted by Gasteiger charge is 2.20. The first kappa shape index (κ1) is 22.0. The minimum Gasteiger partial charge on any atom is -0.354 e. The highest BCUT2D eigenvalue weighted by Crippen LogP contribution is 2.34. The summed E-state index contributed by atoms with van der Waals surface area (Å²) in [6.07, 6.45) is 1.75. The predicted octanol–water partition coefficient (Wildman–Crippen LogP) is 1.96. The average molecular weight is 440 g/mol. The van der Waals surface area contributed by atoms with Crippen LogP contribution in [0.5, 0.6) is 0 Å². The number of carbonyl (C=O) groups excluding carboxylic acids is 2. The molecule has 0 atom stereocenters. The lowest BCUT2D eigenvalue weighted by Crippen LogP contribution is -2.35. The zero-order valence-corrected chi connectivity index (χ0v) is 17.5. The maximum Gasteiger partial charge on any atom is 0.284 e. The summed E-state index contributed by atoms with van der Waals surface area (Å²) in [5.74, 6) is -0.614. The van der Waals surface area contributed by atoms with Crippen LogP contribution < -0.4 is 10.6 Å². The van der Waals surface area contributed by atoms with Crippen molar-refractivity contribution in [2.24, 2.45) is 7.05 Å². The number of carbonyl (C=O) groups is 2. The van der Waals surface area contributed by atoms with Crippen LogP contribution in [0.1, 0.15) is 15.9 Å². The molecule has 0 saturated heterocycles. The van der Waals surface area contributed by atoms with Gasteiger partial charge >= 0.3 is 0 Å². The zero-order chi connectivity index (χ0) is 22.2. The van der Waals surface area contributed by atoms with Gasteiger partial charge < -0.3 is 15.2 Å². The van der Waals surface area contributed by atoms with Gasteiger partial charge in [0, 0.05) is 31.8 Å². The molecule has 2 N–H and O–H groups in total. The number of amides is 2. The van der Waals surface area contributed by atoms with Crippen LogP contribution in [-0.2, 0) is 18.3 Å². The van der Waals surface area contributed by atoms with Crippen LogP contribution in [0.2, 0.25) is 0 Å². The lowest BCUT2D eigenvalue weighted by molar-refractivity contribution is -0.387. The largest absolute Gasteiger partial charge is 0.354 e. The van der Waals surface area contributed by atoms with E-state index in [4.69, 9.17) is 0 Å². The van der Waals surface area contributed by atoms with Gasteiger partial charge in [-0.25, -0.2) is 0 Å². The number of benzene rings is 2. The molecule has 2 amide bonds. The fraction of sp³-hybridized carbons (Fsp3) is 0.200. The Morgan fingerprint density at radius 3 is 2.55 bits per heavy atom. The second kappa shape index (κ2) is 10.3. The number of nitro groups is 1. The van der Waals surface area contributed by atoms with E-state index in [1.165, 1.54) is 24.5 Å². The smallest absolute Gasteiger partial charge is 0.284 e. The molecule has 1 aromatic heterocycles. The number of aryl methyl sites for hydroxylation is 1. The molecule has 10 nitrogen and oxygen atoms in total. The van der Waals surface area contributed by atoms with Gasteiger partial charge in [-0.1, -0.05) is 30.3 Å². The van der Waals surface area contributed by atoms with E-state index in [-0.39, 0.29) is 36.7 Å². The first-order valence-electron chi connectivity index (χ1n) is 9.33. The summed E-state index contributed by atoms with van der Waals surface area (Å²) in [5, 5.41) is 25.0. The fourth-order valence-corrected chi connectivity index (χ4v) is 3.52. The molecular formula is C20H20N6O4S. The van der Waals surface area contributed by atoms with Crippen molar-refractivity contribution >= 4 is 29.3 Å². The Morgan fingerprint density at radius 1 is 1.13 bits per heavy atom. The van der Waals surface area contributed by atoms with E-state index in [1.807, 2.05) is 30.3 Å². The highest BCUT2D eigenvalue weighted by atomic mass is 32.2. The third kappa shape index (κ3) is 6.12. The van der Waals surface area contributed by atoms with Gasteiger partial charge in [0.05, 0.1) is 16.2 Å². The van der Waals surface area contributed by atoms with Gasteiger partial charge in [-0.15, -0.1) is 10.2 Å². The monoisotopic (exact) mass is 440 g/mol. The van der Waals surface area contributed by atoms with E-state index in [9.17, 15) is 19.7 Å². The molecule has 0 unspecified atom stereocenters.